The second-order valence-corrected chi connectivity index (χ2v) is 3.90. The largest absolute Gasteiger partial charge is 0.496 e. The summed E-state index contributed by atoms with van der Waals surface area (Å²) in [6, 6.07) is 5.18. The highest BCUT2D eigenvalue weighted by Gasteiger charge is 2.07. The predicted octanol–water partition coefficient (Wildman–Crippen LogP) is -0.245. The van der Waals surface area contributed by atoms with Crippen LogP contribution in [0.2, 0.25) is 0 Å². The van der Waals surface area contributed by atoms with Crippen LogP contribution in [0.4, 0.5) is 0 Å². The number of nitrogens with one attached hydrogen (secondary N) is 1. The minimum atomic E-state index is -0.357. The van der Waals surface area contributed by atoms with Crippen LogP contribution in [0.5, 0.6) is 5.75 Å². The van der Waals surface area contributed by atoms with Crippen molar-refractivity contribution in [1.29, 1.82) is 0 Å². The van der Waals surface area contributed by atoms with Gasteiger partial charge in [-0.25, -0.2) is 0 Å². The van der Waals surface area contributed by atoms with Gasteiger partial charge in [-0.05, 0) is 18.2 Å². The van der Waals surface area contributed by atoms with Gasteiger partial charge in [0.25, 0.3) is 0 Å². The molecular weight excluding hydrogens is 248 g/mol. The van der Waals surface area contributed by atoms with Crippen LogP contribution in [0.25, 0.3) is 0 Å². The maximum Gasteiger partial charge on any atom is 0.218 e. The van der Waals surface area contributed by atoms with Gasteiger partial charge in [0.15, 0.2) is 5.84 Å². The molecule has 0 heterocycles. The zero-order chi connectivity index (χ0) is 14.3. The van der Waals surface area contributed by atoms with Gasteiger partial charge < -0.3 is 26.7 Å². The fourth-order valence-corrected chi connectivity index (χ4v) is 1.57. The number of carbonyl (C=O) groups excluding carboxylic acids is 1. The summed E-state index contributed by atoms with van der Waals surface area (Å²) in [5, 5.41) is 14.7. The molecule has 7 nitrogen and oxygen atoms in total. The van der Waals surface area contributed by atoms with Crippen LogP contribution < -0.4 is 21.5 Å². The number of amidine groups is 1. The Balaban J connectivity index is 2.76. The van der Waals surface area contributed by atoms with Crippen molar-refractivity contribution in [3.63, 3.8) is 0 Å². The summed E-state index contributed by atoms with van der Waals surface area (Å²) in [7, 11) is 1.56. The van der Waals surface area contributed by atoms with Gasteiger partial charge in [0.2, 0.25) is 5.91 Å². The van der Waals surface area contributed by atoms with E-state index in [-0.39, 0.29) is 18.2 Å². The topological polar surface area (TPSA) is 123 Å². The standard InChI is InChI=1S/C12H18N4O3/c1-19-10-3-2-8(12(14)16-18)6-9(10)7-15-5-4-11(13)17/h2-3,6,15,18H,4-5,7H2,1H3,(H2,13,17)(H2,14,16). The molecule has 0 unspecified atom stereocenters. The van der Waals surface area contributed by atoms with Crippen LogP contribution in [-0.4, -0.2) is 30.6 Å². The minimum Gasteiger partial charge on any atom is -0.496 e. The first kappa shape index (κ1) is 14.8. The van der Waals surface area contributed by atoms with Crippen molar-refractivity contribution < 1.29 is 14.7 Å². The molecule has 0 spiro atoms. The van der Waals surface area contributed by atoms with Gasteiger partial charge in [-0.1, -0.05) is 5.16 Å². The number of carbonyl (C=O) groups is 1. The van der Waals surface area contributed by atoms with E-state index in [4.69, 9.17) is 21.4 Å². The quantitative estimate of drug-likeness (QED) is 0.178. The molecule has 0 aliphatic carbocycles. The van der Waals surface area contributed by atoms with E-state index < -0.39 is 0 Å². The van der Waals surface area contributed by atoms with Crippen molar-refractivity contribution in [2.75, 3.05) is 13.7 Å². The van der Waals surface area contributed by atoms with Gasteiger partial charge in [0.05, 0.1) is 7.11 Å². The van der Waals surface area contributed by atoms with E-state index >= 15 is 0 Å². The van der Waals surface area contributed by atoms with Crippen LogP contribution >= 0.6 is 0 Å². The van der Waals surface area contributed by atoms with Gasteiger partial charge in [-0.15, -0.1) is 0 Å². The third kappa shape index (κ3) is 4.47. The van der Waals surface area contributed by atoms with E-state index in [0.717, 1.165) is 5.56 Å². The third-order valence-electron chi connectivity index (χ3n) is 2.55. The Morgan fingerprint density at radius 3 is 2.79 bits per heavy atom. The molecule has 19 heavy (non-hydrogen) atoms. The van der Waals surface area contributed by atoms with Crippen LogP contribution in [-0.2, 0) is 11.3 Å². The summed E-state index contributed by atoms with van der Waals surface area (Å²) in [5.74, 6) is 0.354. The molecule has 104 valence electrons. The maximum atomic E-state index is 10.6. The lowest BCUT2D eigenvalue weighted by Crippen LogP contribution is -2.22. The Kier molecular flexibility index (Phi) is 5.62. The van der Waals surface area contributed by atoms with Gasteiger partial charge in [-0.3, -0.25) is 4.79 Å². The van der Waals surface area contributed by atoms with Crippen molar-refractivity contribution in [2.24, 2.45) is 16.6 Å². The van der Waals surface area contributed by atoms with Gasteiger partial charge in [0, 0.05) is 30.6 Å². The van der Waals surface area contributed by atoms with Gasteiger partial charge in [-0.2, -0.15) is 0 Å². The first-order valence-corrected chi connectivity index (χ1v) is 5.72. The number of methoxy groups -OCH3 is 1. The number of amides is 1. The Morgan fingerprint density at radius 1 is 1.47 bits per heavy atom. The van der Waals surface area contributed by atoms with Crippen LogP contribution in [0, 0.1) is 0 Å². The van der Waals surface area contributed by atoms with Gasteiger partial charge >= 0.3 is 0 Å². The molecule has 0 atom stereocenters. The zero-order valence-electron chi connectivity index (χ0n) is 10.7. The summed E-state index contributed by atoms with van der Waals surface area (Å²) in [4.78, 5) is 10.6. The minimum absolute atomic E-state index is 0.0287. The molecule has 1 aromatic carbocycles. The average Bonchev–Trinajstić information content (AvgIpc) is 2.42. The van der Waals surface area contributed by atoms with E-state index in [0.29, 0.717) is 24.4 Å². The fraction of sp³-hybridized carbons (Fsp3) is 0.333. The lowest BCUT2D eigenvalue weighted by Gasteiger charge is -2.11. The lowest BCUT2D eigenvalue weighted by molar-refractivity contribution is -0.117. The Hall–Kier alpha value is -2.28. The SMILES string of the molecule is COc1ccc(/C(N)=N/O)cc1CNCCC(N)=O. The number of nitrogens with zero attached hydrogens (tertiary/aromatic N) is 1. The van der Waals surface area contributed by atoms with Crippen LogP contribution in [0.3, 0.4) is 0 Å². The molecule has 1 aromatic rings. The molecule has 0 fully saturated rings. The van der Waals surface area contributed by atoms with E-state index in [2.05, 4.69) is 10.5 Å². The molecule has 1 rings (SSSR count). The molecule has 6 N–H and O–H groups in total. The Labute approximate surface area is 111 Å². The zero-order valence-corrected chi connectivity index (χ0v) is 10.7. The molecule has 0 aromatic heterocycles. The molecule has 7 heteroatoms. The van der Waals surface area contributed by atoms with E-state index in [1.807, 2.05) is 0 Å². The predicted molar refractivity (Wildman–Crippen MR) is 71.0 cm³/mol. The highest BCUT2D eigenvalue weighted by molar-refractivity contribution is 5.97. The molecule has 0 saturated heterocycles. The van der Waals surface area contributed by atoms with Crippen molar-refractivity contribution in [1.82, 2.24) is 5.32 Å². The number of hydrogen-bond acceptors (Lipinski definition) is 5. The van der Waals surface area contributed by atoms with E-state index in [9.17, 15) is 4.79 Å². The molecule has 0 aliphatic rings. The second-order valence-electron chi connectivity index (χ2n) is 3.90. The van der Waals surface area contributed by atoms with E-state index in [1.54, 1.807) is 25.3 Å². The molecule has 0 radical (unpaired) electrons. The molecule has 0 saturated carbocycles. The number of primary amides is 1. The summed E-state index contributed by atoms with van der Waals surface area (Å²) in [5.41, 5.74) is 12.0. The summed E-state index contributed by atoms with van der Waals surface area (Å²) < 4.78 is 5.22. The van der Waals surface area contributed by atoms with E-state index in [1.165, 1.54) is 0 Å². The highest BCUT2D eigenvalue weighted by Crippen LogP contribution is 2.19. The number of oxime groups is 1. The van der Waals surface area contributed by atoms with Crippen molar-refractivity contribution in [3.8, 4) is 5.75 Å². The third-order valence-corrected chi connectivity index (χ3v) is 2.55. The number of hydrogen-bond donors (Lipinski definition) is 4. The number of nitrogens with two attached hydrogens (primary N) is 2. The molecule has 0 bridgehead atoms. The lowest BCUT2D eigenvalue weighted by atomic mass is 10.1. The average molecular weight is 266 g/mol. The van der Waals surface area contributed by atoms with Crippen molar-refractivity contribution in [2.45, 2.75) is 13.0 Å². The maximum absolute atomic E-state index is 10.6. The number of ether oxygens (including phenoxy) is 1. The highest BCUT2D eigenvalue weighted by atomic mass is 16.5. The van der Waals surface area contributed by atoms with Gasteiger partial charge in [0.1, 0.15) is 5.75 Å². The Bertz CT molecular complexity index is 474. The van der Waals surface area contributed by atoms with Crippen LogP contribution in [0.15, 0.2) is 23.4 Å². The van der Waals surface area contributed by atoms with Crippen molar-refractivity contribution in [3.05, 3.63) is 29.3 Å². The normalized spacial score (nSPS) is 11.3. The summed E-state index contributed by atoms with van der Waals surface area (Å²) >= 11 is 0. The first-order valence-electron chi connectivity index (χ1n) is 5.72. The monoisotopic (exact) mass is 266 g/mol. The fourth-order valence-electron chi connectivity index (χ4n) is 1.57. The molecular formula is C12H18N4O3. The van der Waals surface area contributed by atoms with Crippen LogP contribution in [0.1, 0.15) is 17.5 Å². The first-order chi connectivity index (χ1) is 9.08. The Morgan fingerprint density at radius 2 is 2.21 bits per heavy atom. The van der Waals surface area contributed by atoms with Crippen molar-refractivity contribution >= 4 is 11.7 Å². The number of rotatable bonds is 7. The summed E-state index contributed by atoms with van der Waals surface area (Å²) in [6.45, 7) is 0.968. The molecule has 0 aliphatic heterocycles. The second kappa shape index (κ2) is 7.22. The smallest absolute Gasteiger partial charge is 0.218 e. The molecule has 1 amide bonds. The summed E-state index contributed by atoms with van der Waals surface area (Å²) in [6.07, 6.45) is 0.266. The number of benzene rings is 1.